The summed E-state index contributed by atoms with van der Waals surface area (Å²) in [6.07, 6.45) is 4.03. The fourth-order valence-electron chi connectivity index (χ4n) is 5.24. The van der Waals surface area contributed by atoms with Gasteiger partial charge in [-0.1, -0.05) is 92.3 Å². The van der Waals surface area contributed by atoms with E-state index in [1.54, 1.807) is 0 Å². The number of hydrogen-bond donors (Lipinski definition) is 2. The Kier molecular flexibility index (Phi) is 10.2. The van der Waals surface area contributed by atoms with Crippen LogP contribution < -0.4 is 10.2 Å². The lowest BCUT2D eigenvalue weighted by atomic mass is 9.78. The van der Waals surface area contributed by atoms with Crippen LogP contribution in [0.3, 0.4) is 0 Å². The molecule has 1 atom stereocenters. The number of aryl methyl sites for hydroxylation is 1. The van der Waals surface area contributed by atoms with Crippen LogP contribution in [0.25, 0.3) is 0 Å². The number of para-hydroxylation sites is 1. The van der Waals surface area contributed by atoms with E-state index in [2.05, 4.69) is 128 Å². The number of rotatable bonds is 11. The average Bonchev–Trinajstić information content (AvgIpc) is 2.87. The maximum Gasteiger partial charge on any atom is 0.123 e. The van der Waals surface area contributed by atoms with E-state index in [1.165, 1.54) is 17.7 Å². The molecule has 3 aromatic rings. The first-order valence-corrected chi connectivity index (χ1v) is 14.9. The van der Waals surface area contributed by atoms with Crippen molar-refractivity contribution in [3.63, 3.8) is 0 Å². The normalized spacial score (nSPS) is 12.8. The van der Waals surface area contributed by atoms with Gasteiger partial charge in [-0.05, 0) is 102 Å². The maximum atomic E-state index is 11.2. The van der Waals surface area contributed by atoms with E-state index in [-0.39, 0.29) is 10.8 Å². The van der Waals surface area contributed by atoms with Gasteiger partial charge in [-0.15, -0.1) is 0 Å². The van der Waals surface area contributed by atoms with Crippen LogP contribution in [-0.2, 0) is 17.3 Å². The fraction of sp³-hybridized carbons (Fsp3) is 0.459. The van der Waals surface area contributed by atoms with Crippen molar-refractivity contribution in [2.75, 3.05) is 10.2 Å². The van der Waals surface area contributed by atoms with Gasteiger partial charge in [-0.25, -0.2) is 0 Å². The number of benzene rings is 3. The molecule has 1 unspecified atom stereocenters. The molecular weight excluding hydrogens is 488 g/mol. The highest BCUT2D eigenvalue weighted by molar-refractivity contribution is 5.64. The average molecular weight is 541 g/mol. The second kappa shape index (κ2) is 13.0. The highest BCUT2D eigenvalue weighted by Crippen LogP contribution is 2.40. The number of allylic oxidation sites excluding steroid dienone is 1. The molecule has 2 N–H and O–H groups in total. The SMILES string of the molecule is C=C(CCc1cc(C(C)(C)C)c(O)c(C(C)(C)C)c1)N(c1ccc(Nc2ccccc2)cc1)C(C)CCC(C)C. The van der Waals surface area contributed by atoms with Crippen molar-refractivity contribution in [3.05, 3.63) is 95.7 Å². The van der Waals surface area contributed by atoms with Gasteiger partial charge in [0.15, 0.2) is 0 Å². The molecule has 0 saturated heterocycles. The van der Waals surface area contributed by atoms with Crippen molar-refractivity contribution in [3.8, 4) is 5.75 Å². The molecule has 0 spiro atoms. The summed E-state index contributed by atoms with van der Waals surface area (Å²) >= 11 is 0. The predicted molar refractivity (Wildman–Crippen MR) is 175 cm³/mol. The minimum atomic E-state index is -0.135. The summed E-state index contributed by atoms with van der Waals surface area (Å²) in [5.41, 5.74) is 7.48. The molecule has 0 aliphatic carbocycles. The highest BCUT2D eigenvalue weighted by Gasteiger charge is 2.27. The van der Waals surface area contributed by atoms with Crippen LogP contribution in [0.2, 0.25) is 0 Å². The lowest BCUT2D eigenvalue weighted by Gasteiger charge is -2.34. The van der Waals surface area contributed by atoms with Gasteiger partial charge in [0.2, 0.25) is 0 Å². The number of phenolic OH excluding ortho intramolecular Hbond substituents is 1. The summed E-state index contributed by atoms with van der Waals surface area (Å²) in [7, 11) is 0. The van der Waals surface area contributed by atoms with E-state index in [9.17, 15) is 5.11 Å². The lowest BCUT2D eigenvalue weighted by Crippen LogP contribution is -2.32. The van der Waals surface area contributed by atoms with Crippen LogP contribution in [0.1, 0.15) is 98.3 Å². The van der Waals surface area contributed by atoms with E-state index in [0.29, 0.717) is 17.7 Å². The van der Waals surface area contributed by atoms with Crippen LogP contribution in [-0.4, -0.2) is 11.1 Å². The third-order valence-electron chi connectivity index (χ3n) is 7.64. The van der Waals surface area contributed by atoms with E-state index < -0.39 is 0 Å². The molecule has 0 aromatic heterocycles. The van der Waals surface area contributed by atoms with Crippen molar-refractivity contribution in [2.24, 2.45) is 5.92 Å². The summed E-state index contributed by atoms with van der Waals surface area (Å²) in [5.74, 6) is 1.11. The number of nitrogens with one attached hydrogen (secondary N) is 1. The summed E-state index contributed by atoms with van der Waals surface area (Å²) in [4.78, 5) is 2.43. The Morgan fingerprint density at radius 1 is 0.800 bits per heavy atom. The van der Waals surface area contributed by atoms with Crippen molar-refractivity contribution >= 4 is 17.1 Å². The number of anilines is 3. The molecule has 0 heterocycles. The van der Waals surface area contributed by atoms with Crippen LogP contribution in [0.4, 0.5) is 17.1 Å². The molecule has 40 heavy (non-hydrogen) atoms. The predicted octanol–water partition coefficient (Wildman–Crippen LogP) is 10.5. The molecule has 3 aromatic carbocycles. The minimum Gasteiger partial charge on any atom is -0.507 e. The molecule has 0 radical (unpaired) electrons. The van der Waals surface area contributed by atoms with Crippen molar-refractivity contribution < 1.29 is 5.11 Å². The molecule has 0 bridgehead atoms. The number of aromatic hydroxyl groups is 1. The van der Waals surface area contributed by atoms with Gasteiger partial charge in [0.1, 0.15) is 5.75 Å². The Balaban J connectivity index is 1.86. The third-order valence-corrected chi connectivity index (χ3v) is 7.64. The topological polar surface area (TPSA) is 35.5 Å². The van der Waals surface area contributed by atoms with E-state index in [1.807, 2.05) is 18.2 Å². The van der Waals surface area contributed by atoms with Gasteiger partial charge in [0, 0.05) is 28.8 Å². The second-order valence-corrected chi connectivity index (χ2v) is 13.8. The molecule has 0 aliphatic rings. The largest absolute Gasteiger partial charge is 0.507 e. The Morgan fingerprint density at radius 2 is 1.32 bits per heavy atom. The van der Waals surface area contributed by atoms with E-state index >= 15 is 0 Å². The van der Waals surface area contributed by atoms with Gasteiger partial charge < -0.3 is 15.3 Å². The van der Waals surface area contributed by atoms with Gasteiger partial charge in [-0.2, -0.15) is 0 Å². The first-order valence-electron chi connectivity index (χ1n) is 14.9. The quantitative estimate of drug-likeness (QED) is 0.254. The molecule has 0 amide bonds. The van der Waals surface area contributed by atoms with Gasteiger partial charge >= 0.3 is 0 Å². The Hall–Kier alpha value is -3.20. The molecular formula is C37H52N2O. The second-order valence-electron chi connectivity index (χ2n) is 13.8. The summed E-state index contributed by atoms with van der Waals surface area (Å²) < 4.78 is 0. The fourth-order valence-corrected chi connectivity index (χ4v) is 5.24. The molecule has 0 aliphatic heterocycles. The summed E-state index contributed by atoms with van der Waals surface area (Å²) in [5, 5.41) is 14.7. The standard InChI is InChI=1S/C37H52N2O/c1-26(2)16-17-27(3)39(32-22-20-31(21-23-32)38-30-14-12-11-13-15-30)28(4)18-19-29-24-33(36(5,6)7)35(40)34(25-29)37(8,9)10/h11-15,20-27,38,40H,4,16-19H2,1-3,5-10H3. The Morgan fingerprint density at radius 3 is 1.82 bits per heavy atom. The molecule has 3 heteroatoms. The zero-order valence-electron chi connectivity index (χ0n) is 26.4. The maximum absolute atomic E-state index is 11.2. The smallest absolute Gasteiger partial charge is 0.123 e. The summed E-state index contributed by atoms with van der Waals surface area (Å²) in [6.45, 7) is 24.5. The lowest BCUT2D eigenvalue weighted by molar-refractivity contribution is 0.422. The van der Waals surface area contributed by atoms with Crippen molar-refractivity contribution in [2.45, 2.75) is 105 Å². The molecule has 0 fully saturated rings. The number of hydrogen-bond acceptors (Lipinski definition) is 3. The molecule has 216 valence electrons. The summed E-state index contributed by atoms with van der Waals surface area (Å²) in [6, 6.07) is 23.8. The zero-order chi connectivity index (χ0) is 29.7. The molecule has 3 rings (SSSR count). The first-order chi connectivity index (χ1) is 18.7. The number of nitrogens with zero attached hydrogens (tertiary/aromatic N) is 1. The highest BCUT2D eigenvalue weighted by atomic mass is 16.3. The van der Waals surface area contributed by atoms with Gasteiger partial charge in [-0.3, -0.25) is 0 Å². The van der Waals surface area contributed by atoms with Crippen molar-refractivity contribution in [1.29, 1.82) is 0 Å². The van der Waals surface area contributed by atoms with Crippen LogP contribution in [0.15, 0.2) is 79.0 Å². The van der Waals surface area contributed by atoms with Gasteiger partial charge in [0.05, 0.1) is 0 Å². The van der Waals surface area contributed by atoms with Crippen LogP contribution in [0, 0.1) is 5.92 Å². The Bertz CT molecular complexity index is 1210. The minimum absolute atomic E-state index is 0.135. The zero-order valence-corrected chi connectivity index (χ0v) is 26.4. The molecule has 3 nitrogen and oxygen atoms in total. The third kappa shape index (κ3) is 8.40. The van der Waals surface area contributed by atoms with E-state index in [0.717, 1.165) is 47.5 Å². The Labute approximate surface area is 244 Å². The first kappa shape index (κ1) is 31.3. The van der Waals surface area contributed by atoms with Crippen LogP contribution >= 0.6 is 0 Å². The van der Waals surface area contributed by atoms with Crippen molar-refractivity contribution in [1.82, 2.24) is 0 Å². The van der Waals surface area contributed by atoms with Gasteiger partial charge in [0.25, 0.3) is 0 Å². The number of phenols is 1. The molecule has 0 saturated carbocycles. The van der Waals surface area contributed by atoms with E-state index in [4.69, 9.17) is 0 Å². The monoisotopic (exact) mass is 540 g/mol. The van der Waals surface area contributed by atoms with Crippen LogP contribution in [0.5, 0.6) is 5.75 Å².